The summed E-state index contributed by atoms with van der Waals surface area (Å²) in [6.45, 7) is 6.85. The Balaban J connectivity index is 2.85. The number of anilines is 2. The molecule has 1 atom stereocenters. The van der Waals surface area contributed by atoms with Crippen molar-refractivity contribution < 1.29 is 23.8 Å². The lowest BCUT2D eigenvalue weighted by Crippen LogP contribution is -2.29. The Morgan fingerprint density at radius 2 is 2.00 bits per heavy atom. The van der Waals surface area contributed by atoms with Gasteiger partial charge in [-0.1, -0.05) is 6.92 Å². The van der Waals surface area contributed by atoms with Crippen LogP contribution in [-0.4, -0.2) is 28.8 Å². The number of carboxylic acids is 1. The first-order chi connectivity index (χ1) is 10.1. The third-order valence-corrected chi connectivity index (χ3v) is 2.65. The van der Waals surface area contributed by atoms with Crippen LogP contribution in [0.5, 0.6) is 0 Å². The summed E-state index contributed by atoms with van der Waals surface area (Å²) in [5.74, 6) is -1.68. The smallest absolute Gasteiger partial charge is 0.412 e. The number of carbonyl (C=O) groups is 2. The van der Waals surface area contributed by atoms with Gasteiger partial charge in [0.15, 0.2) is 0 Å². The van der Waals surface area contributed by atoms with E-state index in [4.69, 9.17) is 9.84 Å². The molecular weight excluding hydrogens is 291 g/mol. The first-order valence-corrected chi connectivity index (χ1v) is 6.91. The van der Waals surface area contributed by atoms with Crippen molar-refractivity contribution in [2.75, 3.05) is 10.6 Å². The SMILES string of the molecule is CCC(Nc1cc(NC(=O)OC(C)(C)C)ccc1F)C(=O)O. The number of aliphatic carboxylic acids is 1. The third kappa shape index (κ3) is 5.59. The van der Waals surface area contributed by atoms with Gasteiger partial charge in [-0.05, 0) is 45.4 Å². The summed E-state index contributed by atoms with van der Waals surface area (Å²) in [5.41, 5.74) is -0.344. The molecule has 22 heavy (non-hydrogen) atoms. The predicted molar refractivity (Wildman–Crippen MR) is 81.6 cm³/mol. The maximum Gasteiger partial charge on any atom is 0.412 e. The van der Waals surface area contributed by atoms with E-state index in [0.717, 1.165) is 6.07 Å². The summed E-state index contributed by atoms with van der Waals surface area (Å²) in [6.07, 6.45) is -0.381. The number of carboxylic acid groups (broad SMARTS) is 1. The molecule has 1 amide bonds. The fourth-order valence-electron chi connectivity index (χ4n) is 1.66. The van der Waals surface area contributed by atoms with Crippen LogP contribution in [0.25, 0.3) is 0 Å². The maximum absolute atomic E-state index is 13.7. The molecule has 0 fully saturated rings. The maximum atomic E-state index is 13.7. The summed E-state index contributed by atoms with van der Waals surface area (Å²) >= 11 is 0. The fourth-order valence-corrected chi connectivity index (χ4v) is 1.66. The van der Waals surface area contributed by atoms with Crippen LogP contribution in [-0.2, 0) is 9.53 Å². The molecular formula is C15H21FN2O4. The molecule has 0 saturated heterocycles. The molecule has 1 unspecified atom stereocenters. The molecule has 1 aromatic carbocycles. The molecule has 122 valence electrons. The number of ether oxygens (including phenoxy) is 1. The highest BCUT2D eigenvalue weighted by Gasteiger charge is 2.18. The number of carbonyl (C=O) groups excluding carboxylic acids is 1. The zero-order valence-electron chi connectivity index (χ0n) is 13.1. The van der Waals surface area contributed by atoms with Crippen molar-refractivity contribution in [3.05, 3.63) is 24.0 Å². The summed E-state index contributed by atoms with van der Waals surface area (Å²) < 4.78 is 18.8. The molecule has 0 bridgehead atoms. The first-order valence-electron chi connectivity index (χ1n) is 6.91. The van der Waals surface area contributed by atoms with Gasteiger partial charge in [-0.25, -0.2) is 14.0 Å². The van der Waals surface area contributed by atoms with Gasteiger partial charge in [0.25, 0.3) is 0 Å². The molecule has 0 spiro atoms. The van der Waals surface area contributed by atoms with Crippen LogP contribution in [0.2, 0.25) is 0 Å². The zero-order valence-corrected chi connectivity index (χ0v) is 13.1. The molecule has 0 heterocycles. The monoisotopic (exact) mass is 312 g/mol. The number of hydrogen-bond donors (Lipinski definition) is 3. The Hall–Kier alpha value is -2.31. The van der Waals surface area contributed by atoms with Crippen LogP contribution < -0.4 is 10.6 Å². The van der Waals surface area contributed by atoms with Crippen LogP contribution in [0.1, 0.15) is 34.1 Å². The minimum Gasteiger partial charge on any atom is -0.480 e. The summed E-state index contributed by atoms with van der Waals surface area (Å²) in [7, 11) is 0. The number of nitrogens with one attached hydrogen (secondary N) is 2. The van der Waals surface area contributed by atoms with Crippen LogP contribution in [0.15, 0.2) is 18.2 Å². The van der Waals surface area contributed by atoms with Crippen molar-refractivity contribution in [3.8, 4) is 0 Å². The lowest BCUT2D eigenvalue weighted by molar-refractivity contribution is -0.137. The minimum absolute atomic E-state index is 0.00260. The topological polar surface area (TPSA) is 87.7 Å². The van der Waals surface area contributed by atoms with E-state index in [1.807, 2.05) is 0 Å². The van der Waals surface area contributed by atoms with Gasteiger partial charge in [-0.15, -0.1) is 0 Å². The molecule has 1 rings (SSSR count). The average molecular weight is 312 g/mol. The number of halogens is 1. The zero-order chi connectivity index (χ0) is 16.9. The second-order valence-electron chi connectivity index (χ2n) is 5.76. The molecule has 0 radical (unpaired) electrons. The second-order valence-corrected chi connectivity index (χ2v) is 5.76. The number of hydrogen-bond acceptors (Lipinski definition) is 4. The average Bonchev–Trinajstić information content (AvgIpc) is 2.36. The van der Waals surface area contributed by atoms with E-state index in [-0.39, 0.29) is 5.69 Å². The highest BCUT2D eigenvalue weighted by atomic mass is 19.1. The van der Waals surface area contributed by atoms with Gasteiger partial charge in [0.05, 0.1) is 5.69 Å². The second kappa shape index (κ2) is 7.11. The molecule has 1 aromatic rings. The van der Waals surface area contributed by atoms with E-state index in [2.05, 4.69) is 10.6 Å². The standard InChI is InChI=1S/C15H21FN2O4/c1-5-11(13(19)20)18-12-8-9(6-7-10(12)16)17-14(21)22-15(2,3)4/h6-8,11,18H,5H2,1-4H3,(H,17,21)(H,19,20). The Morgan fingerprint density at radius 3 is 2.50 bits per heavy atom. The van der Waals surface area contributed by atoms with E-state index < -0.39 is 29.5 Å². The van der Waals surface area contributed by atoms with Crippen molar-refractivity contribution in [1.29, 1.82) is 0 Å². The highest BCUT2D eigenvalue weighted by molar-refractivity contribution is 5.86. The van der Waals surface area contributed by atoms with E-state index in [9.17, 15) is 14.0 Å². The van der Waals surface area contributed by atoms with Gasteiger partial charge in [-0.3, -0.25) is 5.32 Å². The molecule has 0 aromatic heterocycles. The van der Waals surface area contributed by atoms with Gasteiger partial charge in [0.1, 0.15) is 17.5 Å². The van der Waals surface area contributed by atoms with Gasteiger partial charge < -0.3 is 15.2 Å². The highest BCUT2D eigenvalue weighted by Crippen LogP contribution is 2.21. The quantitative estimate of drug-likeness (QED) is 0.775. The predicted octanol–water partition coefficient (Wildman–Crippen LogP) is 3.45. The van der Waals surface area contributed by atoms with Crippen molar-refractivity contribution in [2.24, 2.45) is 0 Å². The van der Waals surface area contributed by atoms with Crippen molar-refractivity contribution in [1.82, 2.24) is 0 Å². The van der Waals surface area contributed by atoms with Crippen LogP contribution in [0, 0.1) is 5.82 Å². The molecule has 3 N–H and O–H groups in total. The van der Waals surface area contributed by atoms with E-state index in [1.165, 1.54) is 12.1 Å². The van der Waals surface area contributed by atoms with Crippen LogP contribution in [0.3, 0.4) is 0 Å². The Kier molecular flexibility index (Phi) is 5.73. The van der Waals surface area contributed by atoms with E-state index in [0.29, 0.717) is 12.1 Å². The normalized spacial score (nSPS) is 12.4. The third-order valence-electron chi connectivity index (χ3n) is 2.65. The molecule has 6 nitrogen and oxygen atoms in total. The molecule has 0 aliphatic carbocycles. The summed E-state index contributed by atoms with van der Waals surface area (Å²) in [6, 6.07) is 2.92. The largest absolute Gasteiger partial charge is 0.480 e. The molecule has 0 saturated carbocycles. The minimum atomic E-state index is -1.08. The number of benzene rings is 1. The van der Waals surface area contributed by atoms with Crippen molar-refractivity contribution in [2.45, 2.75) is 45.8 Å². The Labute approximate surface area is 128 Å². The number of rotatable bonds is 5. The lowest BCUT2D eigenvalue weighted by atomic mass is 10.2. The Morgan fingerprint density at radius 1 is 1.36 bits per heavy atom. The van der Waals surface area contributed by atoms with Gasteiger partial charge in [0.2, 0.25) is 0 Å². The van der Waals surface area contributed by atoms with Crippen LogP contribution in [0.4, 0.5) is 20.6 Å². The lowest BCUT2D eigenvalue weighted by Gasteiger charge is -2.20. The Bertz CT molecular complexity index is 555. The van der Waals surface area contributed by atoms with Gasteiger partial charge in [0, 0.05) is 5.69 Å². The van der Waals surface area contributed by atoms with E-state index >= 15 is 0 Å². The van der Waals surface area contributed by atoms with Crippen LogP contribution >= 0.6 is 0 Å². The van der Waals surface area contributed by atoms with Crippen molar-refractivity contribution >= 4 is 23.4 Å². The summed E-state index contributed by atoms with van der Waals surface area (Å²) in [5, 5.41) is 14.1. The fraction of sp³-hybridized carbons (Fsp3) is 0.467. The molecule has 7 heteroatoms. The van der Waals surface area contributed by atoms with Crippen molar-refractivity contribution in [3.63, 3.8) is 0 Å². The molecule has 0 aliphatic heterocycles. The van der Waals surface area contributed by atoms with E-state index in [1.54, 1.807) is 27.7 Å². The summed E-state index contributed by atoms with van der Waals surface area (Å²) in [4.78, 5) is 22.7. The molecule has 0 aliphatic rings. The first kappa shape index (κ1) is 17.7. The van der Waals surface area contributed by atoms with Gasteiger partial charge in [-0.2, -0.15) is 0 Å². The number of amides is 1. The van der Waals surface area contributed by atoms with Gasteiger partial charge >= 0.3 is 12.1 Å².